The van der Waals surface area contributed by atoms with E-state index in [9.17, 15) is 14.4 Å². The lowest BCUT2D eigenvalue weighted by Crippen LogP contribution is -2.41. The van der Waals surface area contributed by atoms with Gasteiger partial charge in [0.1, 0.15) is 5.54 Å². The van der Waals surface area contributed by atoms with Gasteiger partial charge in [-0.3, -0.25) is 14.5 Å². The summed E-state index contributed by atoms with van der Waals surface area (Å²) in [4.78, 5) is 39.3. The van der Waals surface area contributed by atoms with E-state index in [2.05, 4.69) is 5.32 Å². The van der Waals surface area contributed by atoms with Gasteiger partial charge < -0.3 is 5.32 Å². The molecule has 146 valence electrons. The third-order valence-corrected chi connectivity index (χ3v) is 5.84. The van der Waals surface area contributed by atoms with Gasteiger partial charge in [-0.2, -0.15) is 5.26 Å². The van der Waals surface area contributed by atoms with Crippen molar-refractivity contribution in [1.82, 2.24) is 10.2 Å². The highest BCUT2D eigenvalue weighted by atomic mass is 16.2. The number of Topliss-reactive ketones (excluding diaryl/α,β-unsaturated/α-hetero) is 1. The van der Waals surface area contributed by atoms with Crippen molar-refractivity contribution in [3.63, 3.8) is 0 Å². The van der Waals surface area contributed by atoms with Gasteiger partial charge in [-0.05, 0) is 67.5 Å². The molecule has 1 unspecified atom stereocenters. The van der Waals surface area contributed by atoms with Gasteiger partial charge in [0.05, 0.1) is 18.2 Å². The molecule has 1 atom stereocenters. The minimum Gasteiger partial charge on any atom is -0.319 e. The Hall–Kier alpha value is -3.46. The predicted octanol–water partition coefficient (Wildman–Crippen LogP) is 3.09. The summed E-state index contributed by atoms with van der Waals surface area (Å²) < 4.78 is 0. The van der Waals surface area contributed by atoms with E-state index < -0.39 is 17.5 Å². The Morgan fingerprint density at radius 2 is 1.79 bits per heavy atom. The molecule has 1 saturated heterocycles. The first-order valence-corrected chi connectivity index (χ1v) is 9.72. The average molecular weight is 387 g/mol. The number of nitrogens with one attached hydrogen (secondary N) is 1. The lowest BCUT2D eigenvalue weighted by molar-refractivity contribution is -0.130. The van der Waals surface area contributed by atoms with Crippen molar-refractivity contribution in [2.45, 2.75) is 38.1 Å². The SMILES string of the molecule is CC1(c2ccc(C#N)cc2)NC(=O)N(CC(=O)c2ccc3c(c2)CCCC3)C1=O. The molecule has 1 N–H and O–H groups in total. The largest absolute Gasteiger partial charge is 0.325 e. The van der Waals surface area contributed by atoms with Gasteiger partial charge in [-0.25, -0.2) is 4.79 Å². The molecule has 1 heterocycles. The summed E-state index contributed by atoms with van der Waals surface area (Å²) in [5.74, 6) is -0.732. The van der Waals surface area contributed by atoms with Crippen LogP contribution in [-0.2, 0) is 23.2 Å². The summed E-state index contributed by atoms with van der Waals surface area (Å²) in [7, 11) is 0. The summed E-state index contributed by atoms with van der Waals surface area (Å²) in [5.41, 5.74) is 2.75. The molecule has 1 aliphatic heterocycles. The molecule has 2 aromatic carbocycles. The van der Waals surface area contributed by atoms with Gasteiger partial charge in [0.2, 0.25) is 0 Å². The van der Waals surface area contributed by atoms with Crippen LogP contribution in [-0.4, -0.2) is 29.2 Å². The number of fused-ring (bicyclic) bond motifs is 1. The van der Waals surface area contributed by atoms with Crippen molar-refractivity contribution in [3.05, 3.63) is 70.3 Å². The maximum atomic E-state index is 13.0. The van der Waals surface area contributed by atoms with Crippen LogP contribution in [0.15, 0.2) is 42.5 Å². The third kappa shape index (κ3) is 3.29. The molecule has 0 bridgehead atoms. The van der Waals surface area contributed by atoms with Crippen molar-refractivity contribution in [2.24, 2.45) is 0 Å². The summed E-state index contributed by atoms with van der Waals surface area (Å²) >= 11 is 0. The van der Waals surface area contributed by atoms with E-state index >= 15 is 0 Å². The number of rotatable bonds is 4. The van der Waals surface area contributed by atoms with Crippen LogP contribution in [0.5, 0.6) is 0 Å². The number of hydrogen-bond acceptors (Lipinski definition) is 4. The van der Waals surface area contributed by atoms with Gasteiger partial charge in [-0.15, -0.1) is 0 Å². The number of aryl methyl sites for hydroxylation is 2. The van der Waals surface area contributed by atoms with Gasteiger partial charge >= 0.3 is 6.03 Å². The zero-order valence-electron chi connectivity index (χ0n) is 16.2. The van der Waals surface area contributed by atoms with Crippen LogP contribution in [0.25, 0.3) is 0 Å². The van der Waals surface area contributed by atoms with E-state index in [0.717, 1.165) is 30.6 Å². The van der Waals surface area contributed by atoms with E-state index in [1.54, 1.807) is 37.3 Å². The van der Waals surface area contributed by atoms with Crippen LogP contribution in [0, 0.1) is 11.3 Å². The standard InChI is InChI=1S/C23H21N3O3/c1-23(19-10-6-15(13-24)7-11-19)21(28)26(22(29)25-23)14-20(27)18-9-8-16-4-2-3-5-17(16)12-18/h6-12H,2-5,14H2,1H3,(H,25,29). The highest BCUT2D eigenvalue weighted by Gasteiger charge is 2.49. The Labute approximate surface area is 169 Å². The molecule has 0 saturated carbocycles. The van der Waals surface area contributed by atoms with E-state index in [-0.39, 0.29) is 12.3 Å². The van der Waals surface area contributed by atoms with E-state index in [1.165, 1.54) is 11.1 Å². The Kier molecular flexibility index (Phi) is 4.67. The third-order valence-electron chi connectivity index (χ3n) is 5.84. The van der Waals surface area contributed by atoms with Crippen LogP contribution >= 0.6 is 0 Å². The van der Waals surface area contributed by atoms with Crippen molar-refractivity contribution in [1.29, 1.82) is 5.26 Å². The molecule has 0 spiro atoms. The first-order chi connectivity index (χ1) is 13.9. The molecule has 4 rings (SSSR count). The molecule has 1 aliphatic carbocycles. The topological polar surface area (TPSA) is 90.3 Å². The van der Waals surface area contributed by atoms with Crippen LogP contribution in [0.2, 0.25) is 0 Å². The number of amides is 3. The fraction of sp³-hybridized carbons (Fsp3) is 0.304. The minimum absolute atomic E-state index is 0.258. The van der Waals surface area contributed by atoms with Crippen LogP contribution in [0.3, 0.4) is 0 Å². The molecule has 2 aromatic rings. The highest BCUT2D eigenvalue weighted by molar-refractivity contribution is 6.11. The van der Waals surface area contributed by atoms with E-state index in [4.69, 9.17) is 5.26 Å². The van der Waals surface area contributed by atoms with Gasteiger partial charge in [-0.1, -0.05) is 24.3 Å². The molecule has 1 fully saturated rings. The molecule has 29 heavy (non-hydrogen) atoms. The van der Waals surface area contributed by atoms with Crippen molar-refractivity contribution < 1.29 is 14.4 Å². The number of hydrogen-bond donors (Lipinski definition) is 1. The number of benzene rings is 2. The molecule has 0 aromatic heterocycles. The zero-order chi connectivity index (χ0) is 20.6. The quantitative estimate of drug-likeness (QED) is 0.645. The highest BCUT2D eigenvalue weighted by Crippen LogP contribution is 2.29. The molecular formula is C23H21N3O3. The van der Waals surface area contributed by atoms with Crippen LogP contribution in [0.1, 0.15) is 52.4 Å². The number of carbonyl (C=O) groups is 3. The minimum atomic E-state index is -1.26. The van der Waals surface area contributed by atoms with Crippen molar-refractivity contribution in [3.8, 4) is 6.07 Å². The first kappa shape index (κ1) is 18.9. The Balaban J connectivity index is 1.54. The molecule has 3 amide bonds. The molecule has 6 nitrogen and oxygen atoms in total. The van der Waals surface area contributed by atoms with E-state index in [0.29, 0.717) is 16.7 Å². The monoisotopic (exact) mass is 387 g/mol. The molecular weight excluding hydrogens is 366 g/mol. The molecule has 2 aliphatic rings. The Morgan fingerprint density at radius 1 is 1.10 bits per heavy atom. The lowest BCUT2D eigenvalue weighted by Gasteiger charge is -2.22. The number of nitriles is 1. The number of imide groups is 1. The first-order valence-electron chi connectivity index (χ1n) is 9.72. The van der Waals surface area contributed by atoms with Crippen LogP contribution in [0.4, 0.5) is 4.79 Å². The fourth-order valence-electron chi connectivity index (χ4n) is 4.06. The number of carbonyl (C=O) groups excluding carboxylic acids is 3. The second-order valence-electron chi connectivity index (χ2n) is 7.75. The summed E-state index contributed by atoms with van der Waals surface area (Å²) in [5, 5.41) is 11.6. The van der Waals surface area contributed by atoms with Gasteiger partial charge in [0.15, 0.2) is 5.78 Å². The Bertz CT molecular complexity index is 1050. The maximum Gasteiger partial charge on any atom is 0.325 e. The lowest BCUT2D eigenvalue weighted by atomic mass is 9.89. The predicted molar refractivity (Wildman–Crippen MR) is 106 cm³/mol. The number of urea groups is 1. The zero-order valence-corrected chi connectivity index (χ0v) is 16.2. The van der Waals surface area contributed by atoms with Crippen LogP contribution < -0.4 is 5.32 Å². The average Bonchev–Trinajstić information content (AvgIpc) is 2.97. The van der Waals surface area contributed by atoms with Gasteiger partial charge in [0, 0.05) is 5.56 Å². The van der Waals surface area contributed by atoms with E-state index in [1.807, 2.05) is 18.2 Å². The van der Waals surface area contributed by atoms with Crippen molar-refractivity contribution >= 4 is 17.7 Å². The smallest absolute Gasteiger partial charge is 0.319 e. The van der Waals surface area contributed by atoms with Gasteiger partial charge in [0.25, 0.3) is 5.91 Å². The summed E-state index contributed by atoms with van der Waals surface area (Å²) in [6.45, 7) is 1.31. The second kappa shape index (κ2) is 7.17. The second-order valence-corrected chi connectivity index (χ2v) is 7.75. The maximum absolute atomic E-state index is 13.0. The fourth-order valence-corrected chi connectivity index (χ4v) is 4.06. The Morgan fingerprint density at radius 3 is 2.48 bits per heavy atom. The normalized spacial score (nSPS) is 20.8. The molecule has 6 heteroatoms. The summed E-state index contributed by atoms with van der Waals surface area (Å²) in [6.07, 6.45) is 4.26. The number of nitrogens with zero attached hydrogens (tertiary/aromatic N) is 2. The number of ketones is 1. The summed E-state index contributed by atoms with van der Waals surface area (Å²) in [6, 6.07) is 13.6. The molecule has 0 radical (unpaired) electrons. The van der Waals surface area contributed by atoms with Crippen molar-refractivity contribution in [2.75, 3.05) is 6.54 Å².